The minimum atomic E-state index is -1.39. The van der Waals surface area contributed by atoms with Gasteiger partial charge >= 0.3 is 5.97 Å². The van der Waals surface area contributed by atoms with Crippen molar-refractivity contribution in [3.05, 3.63) is 46.6 Å². The SMILES string of the molecule is CCC(N[S+]([O-])C(C)(C)C)c1ccc(Cl)c(Oc2cnc(C(=O)OC)cn2)c1F. The number of nitrogens with zero attached hydrogens (tertiary/aromatic N) is 2. The molecular weight excluding hydrogens is 421 g/mol. The first-order valence-electron chi connectivity index (χ1n) is 8.82. The van der Waals surface area contributed by atoms with Crippen LogP contribution in [0.1, 0.15) is 56.2 Å². The molecule has 0 radical (unpaired) electrons. The molecule has 1 heterocycles. The Hall–Kier alpha value is -1.94. The molecule has 10 heteroatoms. The molecule has 0 saturated carbocycles. The van der Waals surface area contributed by atoms with Gasteiger partial charge in [0.05, 0.1) is 30.6 Å². The first kappa shape index (κ1) is 23.3. The van der Waals surface area contributed by atoms with Crippen LogP contribution >= 0.6 is 11.6 Å². The number of halogens is 2. The first-order valence-corrected chi connectivity index (χ1v) is 10.3. The van der Waals surface area contributed by atoms with Crippen molar-refractivity contribution in [1.29, 1.82) is 0 Å². The van der Waals surface area contributed by atoms with Crippen molar-refractivity contribution in [2.24, 2.45) is 0 Å². The first-order chi connectivity index (χ1) is 13.6. The van der Waals surface area contributed by atoms with E-state index in [2.05, 4.69) is 19.4 Å². The van der Waals surface area contributed by atoms with E-state index >= 15 is 4.39 Å². The zero-order valence-electron chi connectivity index (χ0n) is 16.8. The number of aromatic nitrogens is 2. The summed E-state index contributed by atoms with van der Waals surface area (Å²) in [4.78, 5) is 19.2. The highest BCUT2D eigenvalue weighted by Crippen LogP contribution is 2.36. The number of hydrogen-bond acceptors (Lipinski definition) is 7. The number of rotatable bonds is 7. The Bertz CT molecular complexity index is 862. The molecule has 2 rings (SSSR count). The quantitative estimate of drug-likeness (QED) is 0.501. The second-order valence-electron chi connectivity index (χ2n) is 7.07. The van der Waals surface area contributed by atoms with Crippen LogP contribution in [0.4, 0.5) is 4.39 Å². The van der Waals surface area contributed by atoms with E-state index in [0.717, 1.165) is 6.20 Å². The molecule has 2 aromatic rings. The van der Waals surface area contributed by atoms with Gasteiger partial charge in [0, 0.05) is 16.9 Å². The highest BCUT2D eigenvalue weighted by molar-refractivity contribution is 7.90. The minimum absolute atomic E-state index is 0.0138. The Kier molecular flexibility index (Phi) is 7.81. The number of carbonyl (C=O) groups is 1. The van der Waals surface area contributed by atoms with E-state index in [4.69, 9.17) is 16.3 Å². The van der Waals surface area contributed by atoms with Gasteiger partial charge in [0.2, 0.25) is 5.88 Å². The molecule has 1 aromatic carbocycles. The van der Waals surface area contributed by atoms with E-state index in [-0.39, 0.29) is 27.9 Å². The van der Waals surface area contributed by atoms with Crippen LogP contribution in [0, 0.1) is 5.82 Å². The van der Waals surface area contributed by atoms with E-state index < -0.39 is 33.9 Å². The van der Waals surface area contributed by atoms with Crippen LogP contribution in [0.2, 0.25) is 5.02 Å². The van der Waals surface area contributed by atoms with Crippen LogP contribution in [0.25, 0.3) is 0 Å². The van der Waals surface area contributed by atoms with Gasteiger partial charge in [-0.3, -0.25) is 0 Å². The third-order valence-corrected chi connectivity index (χ3v) is 5.81. The fourth-order valence-corrected chi connectivity index (χ4v) is 3.36. The Morgan fingerprint density at radius 2 is 2.03 bits per heavy atom. The van der Waals surface area contributed by atoms with Gasteiger partial charge in [-0.1, -0.05) is 24.6 Å². The van der Waals surface area contributed by atoms with Gasteiger partial charge in [0.25, 0.3) is 0 Å². The summed E-state index contributed by atoms with van der Waals surface area (Å²) in [7, 11) is 1.22. The highest BCUT2D eigenvalue weighted by atomic mass is 35.5. The van der Waals surface area contributed by atoms with Crippen molar-refractivity contribution in [3.63, 3.8) is 0 Å². The smallest absolute Gasteiger partial charge is 0.358 e. The van der Waals surface area contributed by atoms with Crippen molar-refractivity contribution in [2.45, 2.75) is 44.9 Å². The Morgan fingerprint density at radius 1 is 1.34 bits per heavy atom. The topological polar surface area (TPSA) is 96.4 Å². The number of nitrogens with one attached hydrogen (secondary N) is 1. The predicted octanol–water partition coefficient (Wildman–Crippen LogP) is 4.35. The molecule has 0 fully saturated rings. The van der Waals surface area contributed by atoms with Crippen LogP contribution in [0.15, 0.2) is 24.5 Å². The molecule has 7 nitrogen and oxygen atoms in total. The van der Waals surface area contributed by atoms with Crippen molar-refractivity contribution in [3.8, 4) is 11.6 Å². The molecule has 2 unspecified atom stereocenters. The lowest BCUT2D eigenvalue weighted by Crippen LogP contribution is -2.41. The lowest BCUT2D eigenvalue weighted by molar-refractivity contribution is 0.0593. The maximum atomic E-state index is 15.2. The Balaban J connectivity index is 2.31. The summed E-state index contributed by atoms with van der Waals surface area (Å²) in [6.07, 6.45) is 2.81. The van der Waals surface area contributed by atoms with E-state index in [1.54, 1.807) is 0 Å². The van der Waals surface area contributed by atoms with Crippen molar-refractivity contribution in [2.75, 3.05) is 7.11 Å². The molecule has 0 spiro atoms. The number of carbonyl (C=O) groups excluding carboxylic acids is 1. The summed E-state index contributed by atoms with van der Waals surface area (Å²) in [6, 6.07) is 2.51. The summed E-state index contributed by atoms with van der Waals surface area (Å²) in [6.45, 7) is 7.33. The fourth-order valence-electron chi connectivity index (χ4n) is 2.27. The zero-order chi connectivity index (χ0) is 21.8. The van der Waals surface area contributed by atoms with Crippen molar-refractivity contribution < 1.29 is 23.2 Å². The number of ether oxygens (including phenoxy) is 2. The second kappa shape index (κ2) is 9.71. The largest absolute Gasteiger partial charge is 0.598 e. The van der Waals surface area contributed by atoms with Gasteiger partial charge in [-0.2, -0.15) is 0 Å². The maximum Gasteiger partial charge on any atom is 0.358 e. The molecule has 158 valence electrons. The number of esters is 1. The van der Waals surface area contributed by atoms with E-state index in [1.807, 2.05) is 27.7 Å². The van der Waals surface area contributed by atoms with Crippen LogP contribution < -0.4 is 9.46 Å². The molecule has 29 heavy (non-hydrogen) atoms. The highest BCUT2D eigenvalue weighted by Gasteiger charge is 2.31. The monoisotopic (exact) mass is 443 g/mol. The van der Waals surface area contributed by atoms with Gasteiger partial charge in [0.1, 0.15) is 4.75 Å². The van der Waals surface area contributed by atoms with Gasteiger partial charge in [0.15, 0.2) is 17.3 Å². The van der Waals surface area contributed by atoms with Crippen LogP contribution in [-0.4, -0.2) is 32.3 Å². The van der Waals surface area contributed by atoms with Crippen molar-refractivity contribution >= 4 is 28.9 Å². The molecule has 2 atom stereocenters. The normalized spacial score (nSPS) is 13.7. The lowest BCUT2D eigenvalue weighted by atomic mass is 10.0. The molecule has 0 saturated heterocycles. The summed E-state index contributed by atoms with van der Waals surface area (Å²) in [5, 5.41) is 0.0388. The summed E-state index contributed by atoms with van der Waals surface area (Å²) >= 11 is 4.72. The standard InChI is InChI=1S/C19H23ClFN3O4S/c1-6-13(24-29(26)19(2,3)4)11-7-8-12(20)17(16(11)21)28-15-10-22-14(9-23-15)18(25)27-5/h7-10,13,24H,6H2,1-5H3. The van der Waals surface area contributed by atoms with Gasteiger partial charge in [-0.15, -0.1) is 4.72 Å². The van der Waals surface area contributed by atoms with Crippen LogP contribution in [0.3, 0.4) is 0 Å². The average Bonchev–Trinajstić information content (AvgIpc) is 2.68. The average molecular weight is 444 g/mol. The summed E-state index contributed by atoms with van der Waals surface area (Å²) in [5.41, 5.74) is 0.253. The van der Waals surface area contributed by atoms with E-state index in [9.17, 15) is 9.35 Å². The van der Waals surface area contributed by atoms with Gasteiger partial charge in [-0.25, -0.2) is 19.2 Å². The summed E-state index contributed by atoms with van der Waals surface area (Å²) < 4.78 is 40.1. The molecule has 0 aliphatic rings. The molecule has 0 aliphatic heterocycles. The number of methoxy groups -OCH3 is 1. The van der Waals surface area contributed by atoms with Crippen molar-refractivity contribution in [1.82, 2.24) is 14.7 Å². The Morgan fingerprint density at radius 3 is 2.55 bits per heavy atom. The zero-order valence-corrected chi connectivity index (χ0v) is 18.4. The Labute approximate surface area is 177 Å². The predicted molar refractivity (Wildman–Crippen MR) is 109 cm³/mol. The van der Waals surface area contributed by atoms with Crippen LogP contribution in [0.5, 0.6) is 11.6 Å². The molecule has 0 aliphatic carbocycles. The molecule has 0 amide bonds. The lowest BCUT2D eigenvalue weighted by Gasteiger charge is -2.28. The van der Waals surface area contributed by atoms with Crippen LogP contribution in [-0.2, 0) is 16.1 Å². The third kappa shape index (κ3) is 5.79. The maximum absolute atomic E-state index is 15.2. The van der Waals surface area contributed by atoms with Gasteiger partial charge < -0.3 is 14.0 Å². The summed E-state index contributed by atoms with van der Waals surface area (Å²) in [5.74, 6) is -1.62. The molecule has 1 aromatic heterocycles. The molecule has 0 bridgehead atoms. The van der Waals surface area contributed by atoms with E-state index in [0.29, 0.717) is 6.42 Å². The molecular formula is C19H23ClFN3O4S. The second-order valence-corrected chi connectivity index (χ2v) is 9.48. The van der Waals surface area contributed by atoms with E-state index in [1.165, 1.54) is 25.4 Å². The third-order valence-electron chi connectivity index (χ3n) is 3.90. The minimum Gasteiger partial charge on any atom is -0.598 e. The fraction of sp³-hybridized carbons (Fsp3) is 0.421. The molecule has 1 N–H and O–H groups in total. The number of hydrogen-bond donors (Lipinski definition) is 1. The van der Waals surface area contributed by atoms with Gasteiger partial charge in [-0.05, 0) is 33.3 Å². The number of benzene rings is 1.